The monoisotopic (exact) mass is 432 g/mol. The van der Waals surface area contributed by atoms with Crippen LogP contribution in [0, 0.1) is 11.3 Å². The number of likely N-dealkylation sites (tertiary alicyclic amines) is 2. The lowest BCUT2D eigenvalue weighted by molar-refractivity contribution is 0.000908. The van der Waals surface area contributed by atoms with Crippen LogP contribution in [0.25, 0.3) is 0 Å². The van der Waals surface area contributed by atoms with Crippen LogP contribution >= 0.6 is 0 Å². The van der Waals surface area contributed by atoms with Crippen LogP contribution in [0.2, 0.25) is 0 Å². The maximum Gasteiger partial charge on any atom is 0.254 e. The molecule has 0 radical (unpaired) electrons. The Balaban J connectivity index is 1.31. The summed E-state index contributed by atoms with van der Waals surface area (Å²) >= 11 is 0. The van der Waals surface area contributed by atoms with Crippen molar-refractivity contribution < 1.29 is 24.1 Å². The van der Waals surface area contributed by atoms with Crippen LogP contribution in [0.3, 0.4) is 0 Å². The molecule has 3 aliphatic rings. The third-order valence-corrected chi connectivity index (χ3v) is 7.46. The van der Waals surface area contributed by atoms with Gasteiger partial charge in [-0.15, -0.1) is 0 Å². The zero-order valence-electron chi connectivity index (χ0n) is 19.0. The van der Waals surface area contributed by atoms with Gasteiger partial charge in [0.1, 0.15) is 11.5 Å². The van der Waals surface area contributed by atoms with Gasteiger partial charge in [-0.1, -0.05) is 6.92 Å². The molecule has 7 heteroatoms. The smallest absolute Gasteiger partial charge is 0.254 e. The summed E-state index contributed by atoms with van der Waals surface area (Å²) in [6, 6.07) is 5.33. The zero-order valence-corrected chi connectivity index (χ0v) is 19.0. The summed E-state index contributed by atoms with van der Waals surface area (Å²) in [5.74, 6) is 1.67. The largest absolute Gasteiger partial charge is 0.497 e. The van der Waals surface area contributed by atoms with Crippen molar-refractivity contribution >= 4 is 5.91 Å². The highest BCUT2D eigenvalue weighted by atomic mass is 16.5. The van der Waals surface area contributed by atoms with E-state index in [9.17, 15) is 9.90 Å². The third-order valence-electron chi connectivity index (χ3n) is 7.46. The van der Waals surface area contributed by atoms with Crippen LogP contribution < -0.4 is 9.47 Å². The number of aliphatic hydroxyl groups excluding tert-OH is 1. The Bertz CT molecular complexity index is 755. The molecule has 1 unspecified atom stereocenters. The molecule has 3 heterocycles. The molecule has 1 aromatic carbocycles. The normalized spacial score (nSPS) is 28.6. The van der Waals surface area contributed by atoms with Gasteiger partial charge in [-0.25, -0.2) is 0 Å². The fourth-order valence-electron chi connectivity index (χ4n) is 5.23. The number of rotatable bonds is 5. The lowest BCUT2D eigenvalue weighted by Gasteiger charge is -2.39. The maximum atomic E-state index is 13.1. The van der Waals surface area contributed by atoms with Gasteiger partial charge in [-0.3, -0.25) is 9.69 Å². The first-order chi connectivity index (χ1) is 14.9. The highest BCUT2D eigenvalue weighted by Gasteiger charge is 2.43. The molecule has 1 spiro atoms. The van der Waals surface area contributed by atoms with E-state index in [1.54, 1.807) is 32.4 Å². The lowest BCUT2D eigenvalue weighted by atomic mass is 9.76. The van der Waals surface area contributed by atoms with Gasteiger partial charge in [0.15, 0.2) is 0 Å². The highest BCUT2D eigenvalue weighted by Crippen LogP contribution is 2.42. The van der Waals surface area contributed by atoms with Crippen molar-refractivity contribution in [3.05, 3.63) is 23.8 Å². The Morgan fingerprint density at radius 2 is 1.84 bits per heavy atom. The van der Waals surface area contributed by atoms with Crippen LogP contribution in [-0.4, -0.2) is 86.6 Å². The zero-order chi connectivity index (χ0) is 22.0. The predicted molar refractivity (Wildman–Crippen MR) is 118 cm³/mol. The summed E-state index contributed by atoms with van der Waals surface area (Å²) < 4.78 is 16.8. The molecule has 0 bridgehead atoms. The van der Waals surface area contributed by atoms with E-state index in [4.69, 9.17) is 14.2 Å². The van der Waals surface area contributed by atoms with Crippen LogP contribution in [0.15, 0.2) is 18.2 Å². The minimum Gasteiger partial charge on any atom is -0.497 e. The van der Waals surface area contributed by atoms with E-state index in [1.807, 2.05) is 4.90 Å². The Labute approximate surface area is 185 Å². The number of aliphatic hydroxyl groups is 1. The SMILES string of the molecule is COc1cc(OC)cc(C(=O)N2CCC3(CC2)COC(CN2CC[C@@H](C)[C@H](O)C2)C3)c1. The topological polar surface area (TPSA) is 71.5 Å². The summed E-state index contributed by atoms with van der Waals surface area (Å²) in [5.41, 5.74) is 0.778. The molecule has 0 aliphatic carbocycles. The Morgan fingerprint density at radius 3 is 2.45 bits per heavy atom. The van der Waals surface area contributed by atoms with Crippen molar-refractivity contribution in [2.24, 2.45) is 11.3 Å². The molecule has 3 aliphatic heterocycles. The van der Waals surface area contributed by atoms with Gasteiger partial charge in [-0.05, 0) is 55.7 Å². The number of β-amino-alcohol motifs (C(OH)–C–C–N with tert-alkyl or cyclic N) is 1. The lowest BCUT2D eigenvalue weighted by Crippen LogP contribution is -2.46. The molecule has 172 valence electrons. The number of carbonyl (C=O) groups is 1. The van der Waals surface area contributed by atoms with Gasteiger partial charge in [-0.2, -0.15) is 0 Å². The maximum absolute atomic E-state index is 13.1. The fourth-order valence-corrected chi connectivity index (χ4v) is 5.23. The first-order valence-electron chi connectivity index (χ1n) is 11.5. The molecule has 31 heavy (non-hydrogen) atoms. The second-order valence-corrected chi connectivity index (χ2v) is 9.62. The average molecular weight is 433 g/mol. The van der Waals surface area contributed by atoms with E-state index in [1.165, 1.54) is 0 Å². The highest BCUT2D eigenvalue weighted by molar-refractivity contribution is 5.95. The molecule has 3 atom stereocenters. The van der Waals surface area contributed by atoms with Gasteiger partial charge < -0.3 is 24.2 Å². The van der Waals surface area contributed by atoms with Crippen LogP contribution in [0.4, 0.5) is 0 Å². The third kappa shape index (κ3) is 4.99. The van der Waals surface area contributed by atoms with Gasteiger partial charge >= 0.3 is 0 Å². The molecular weight excluding hydrogens is 396 g/mol. The molecule has 1 aromatic rings. The van der Waals surface area contributed by atoms with Crippen molar-refractivity contribution in [2.45, 2.75) is 44.8 Å². The number of hydrogen-bond donors (Lipinski definition) is 1. The Hall–Kier alpha value is -1.83. The molecule has 3 saturated heterocycles. The molecule has 4 rings (SSSR count). The number of piperidine rings is 2. The minimum atomic E-state index is -0.228. The number of nitrogens with zero attached hydrogens (tertiary/aromatic N) is 2. The quantitative estimate of drug-likeness (QED) is 0.771. The standard InChI is InChI=1S/C24H36N2O5/c1-17-4-7-25(15-22(17)27)14-21-13-24(16-31-21)5-8-26(9-6-24)23(28)18-10-19(29-2)12-20(11-18)30-3/h10-12,17,21-22,27H,4-9,13-16H2,1-3H3/t17-,21?,22-/m1/s1. The molecule has 3 fully saturated rings. The van der Waals surface area contributed by atoms with Gasteiger partial charge in [0, 0.05) is 37.8 Å². The number of carbonyl (C=O) groups excluding carboxylic acids is 1. The molecule has 0 aromatic heterocycles. The van der Waals surface area contributed by atoms with E-state index in [0.29, 0.717) is 23.0 Å². The first kappa shape index (κ1) is 22.4. The Morgan fingerprint density at radius 1 is 1.16 bits per heavy atom. The van der Waals surface area contributed by atoms with Gasteiger partial charge in [0.2, 0.25) is 0 Å². The first-order valence-corrected chi connectivity index (χ1v) is 11.5. The van der Waals surface area contributed by atoms with E-state index < -0.39 is 0 Å². The van der Waals surface area contributed by atoms with Crippen LogP contribution in [0.5, 0.6) is 11.5 Å². The second kappa shape index (κ2) is 9.35. The van der Waals surface area contributed by atoms with Crippen molar-refractivity contribution in [3.63, 3.8) is 0 Å². The van der Waals surface area contributed by atoms with Gasteiger partial charge in [0.05, 0.1) is 33.0 Å². The number of amides is 1. The van der Waals surface area contributed by atoms with Gasteiger partial charge in [0.25, 0.3) is 5.91 Å². The summed E-state index contributed by atoms with van der Waals surface area (Å²) in [6.45, 7) is 7.08. The number of benzene rings is 1. The van der Waals surface area contributed by atoms with Crippen molar-refractivity contribution in [1.82, 2.24) is 9.80 Å². The fraction of sp³-hybridized carbons (Fsp3) is 0.708. The van der Waals surface area contributed by atoms with Crippen molar-refractivity contribution in [1.29, 1.82) is 0 Å². The molecular formula is C24H36N2O5. The number of ether oxygens (including phenoxy) is 3. The summed E-state index contributed by atoms with van der Waals surface area (Å²) in [5, 5.41) is 10.2. The average Bonchev–Trinajstić information content (AvgIpc) is 3.17. The van der Waals surface area contributed by atoms with E-state index in [2.05, 4.69) is 11.8 Å². The van der Waals surface area contributed by atoms with Crippen LogP contribution in [-0.2, 0) is 4.74 Å². The van der Waals surface area contributed by atoms with E-state index in [0.717, 1.165) is 65.0 Å². The minimum absolute atomic E-state index is 0.0268. The Kier molecular flexibility index (Phi) is 6.74. The van der Waals surface area contributed by atoms with E-state index >= 15 is 0 Å². The van der Waals surface area contributed by atoms with Crippen molar-refractivity contribution in [2.75, 3.05) is 53.6 Å². The van der Waals surface area contributed by atoms with Crippen molar-refractivity contribution in [3.8, 4) is 11.5 Å². The molecule has 0 saturated carbocycles. The summed E-state index contributed by atoms with van der Waals surface area (Å²) in [4.78, 5) is 17.4. The molecule has 1 amide bonds. The number of methoxy groups -OCH3 is 2. The summed E-state index contributed by atoms with van der Waals surface area (Å²) in [7, 11) is 3.19. The summed E-state index contributed by atoms with van der Waals surface area (Å²) in [6.07, 6.45) is 4.03. The molecule has 1 N–H and O–H groups in total. The number of hydrogen-bond acceptors (Lipinski definition) is 6. The van der Waals surface area contributed by atoms with E-state index in [-0.39, 0.29) is 23.5 Å². The second-order valence-electron chi connectivity index (χ2n) is 9.62. The molecule has 7 nitrogen and oxygen atoms in total. The predicted octanol–water partition coefficient (Wildman–Crippen LogP) is 2.42. The van der Waals surface area contributed by atoms with Crippen LogP contribution in [0.1, 0.15) is 43.0 Å².